The van der Waals surface area contributed by atoms with Gasteiger partial charge in [0.05, 0.1) is 12.7 Å². The summed E-state index contributed by atoms with van der Waals surface area (Å²) in [6.45, 7) is 0. The van der Waals surface area contributed by atoms with Crippen LogP contribution in [0, 0.1) is 5.82 Å². The molecule has 0 fully saturated rings. The van der Waals surface area contributed by atoms with Crippen molar-refractivity contribution < 1.29 is 18.3 Å². The van der Waals surface area contributed by atoms with Crippen molar-refractivity contribution >= 4 is 17.1 Å². The average Bonchev–Trinajstić information content (AvgIpc) is 2.55. The largest absolute Gasteiger partial charge is 0.465 e. The molecule has 0 unspecified atom stereocenters. The number of fused-ring (bicyclic) bond motifs is 1. The second-order valence-corrected chi connectivity index (χ2v) is 2.83. The number of carbonyl (C=O) groups is 1. The molecule has 0 radical (unpaired) electrons. The van der Waals surface area contributed by atoms with Crippen LogP contribution in [-0.4, -0.2) is 18.1 Å². The van der Waals surface area contributed by atoms with Crippen LogP contribution in [0.1, 0.15) is 10.4 Å². The lowest BCUT2D eigenvalue weighted by molar-refractivity contribution is 0.0602. The van der Waals surface area contributed by atoms with Gasteiger partial charge in [0.25, 0.3) is 0 Å². The second kappa shape index (κ2) is 3.23. The van der Waals surface area contributed by atoms with Crippen molar-refractivity contribution in [3.8, 4) is 0 Å². The highest BCUT2D eigenvalue weighted by atomic mass is 19.1. The Bertz CT molecular complexity index is 583. The highest BCUT2D eigenvalue weighted by Gasteiger charge is 2.15. The van der Waals surface area contributed by atoms with Crippen LogP contribution in [0.2, 0.25) is 0 Å². The first-order valence-electron chi connectivity index (χ1n) is 4.02. The van der Waals surface area contributed by atoms with Crippen molar-refractivity contribution in [2.45, 2.75) is 0 Å². The molecule has 2 rings (SSSR count). The Morgan fingerprint density at radius 1 is 1.53 bits per heavy atom. The molecular weight excluding hydrogens is 205 g/mol. The normalized spacial score (nSPS) is 10.5. The van der Waals surface area contributed by atoms with Crippen LogP contribution >= 0.6 is 0 Å². The van der Waals surface area contributed by atoms with Gasteiger partial charge in [-0.25, -0.2) is 14.0 Å². The van der Waals surface area contributed by atoms with Crippen molar-refractivity contribution in [1.82, 2.24) is 4.98 Å². The van der Waals surface area contributed by atoms with Gasteiger partial charge in [-0.2, -0.15) is 0 Å². The van der Waals surface area contributed by atoms with Crippen LogP contribution in [0.4, 0.5) is 4.39 Å². The van der Waals surface area contributed by atoms with Gasteiger partial charge in [0.2, 0.25) is 0 Å². The summed E-state index contributed by atoms with van der Waals surface area (Å²) in [7, 11) is 1.16. The Labute approximate surface area is 82.5 Å². The summed E-state index contributed by atoms with van der Waals surface area (Å²) in [5.74, 6) is -2.16. The van der Waals surface area contributed by atoms with Crippen molar-refractivity contribution in [2.24, 2.45) is 0 Å². The van der Waals surface area contributed by atoms with E-state index in [4.69, 9.17) is 0 Å². The Morgan fingerprint density at radius 3 is 2.93 bits per heavy atom. The van der Waals surface area contributed by atoms with E-state index in [9.17, 15) is 14.0 Å². The summed E-state index contributed by atoms with van der Waals surface area (Å²) in [6, 6.07) is 1.99. The number of rotatable bonds is 1. The predicted octanol–water partition coefficient (Wildman–Crippen LogP) is 1.05. The third-order valence-corrected chi connectivity index (χ3v) is 1.90. The molecule has 0 aliphatic carbocycles. The maximum Gasteiger partial charge on any atom is 0.417 e. The molecular formula is C9H6FNO4. The molecule has 0 saturated heterocycles. The van der Waals surface area contributed by atoms with E-state index in [1.54, 1.807) is 0 Å². The van der Waals surface area contributed by atoms with E-state index in [0.717, 1.165) is 19.2 Å². The van der Waals surface area contributed by atoms with Crippen LogP contribution in [-0.2, 0) is 4.74 Å². The van der Waals surface area contributed by atoms with Crippen molar-refractivity contribution in [2.75, 3.05) is 7.11 Å². The quantitative estimate of drug-likeness (QED) is 0.715. The zero-order valence-corrected chi connectivity index (χ0v) is 7.67. The van der Waals surface area contributed by atoms with E-state index >= 15 is 0 Å². The summed E-state index contributed by atoms with van der Waals surface area (Å²) in [5, 5.41) is 0. The van der Waals surface area contributed by atoms with Crippen LogP contribution in [0.3, 0.4) is 0 Å². The van der Waals surface area contributed by atoms with E-state index in [1.807, 2.05) is 0 Å². The maximum atomic E-state index is 13.0. The molecule has 2 aromatic rings. The van der Waals surface area contributed by atoms with Crippen molar-refractivity contribution in [3.63, 3.8) is 0 Å². The molecule has 0 saturated carbocycles. The van der Waals surface area contributed by atoms with Crippen molar-refractivity contribution in [1.29, 1.82) is 0 Å². The third-order valence-electron chi connectivity index (χ3n) is 1.90. The third kappa shape index (κ3) is 1.50. The van der Waals surface area contributed by atoms with Gasteiger partial charge < -0.3 is 9.15 Å². The van der Waals surface area contributed by atoms with Gasteiger partial charge in [-0.15, -0.1) is 0 Å². The van der Waals surface area contributed by atoms with E-state index in [0.29, 0.717) is 0 Å². The summed E-state index contributed by atoms with van der Waals surface area (Å²) in [4.78, 5) is 24.4. The predicted molar refractivity (Wildman–Crippen MR) is 48.1 cm³/mol. The van der Waals surface area contributed by atoms with Gasteiger partial charge in [-0.1, -0.05) is 0 Å². The molecule has 15 heavy (non-hydrogen) atoms. The lowest BCUT2D eigenvalue weighted by Gasteiger charge is -1.99. The minimum absolute atomic E-state index is 0.0135. The molecule has 0 spiro atoms. The minimum Gasteiger partial charge on any atom is -0.465 e. The number of halogens is 1. The molecule has 1 aromatic heterocycles. The fourth-order valence-electron chi connectivity index (χ4n) is 1.29. The number of carbonyl (C=O) groups excluding carboxylic acids is 1. The Hall–Kier alpha value is -2.11. The van der Waals surface area contributed by atoms with Gasteiger partial charge in [0.1, 0.15) is 11.3 Å². The number of methoxy groups -OCH3 is 1. The Kier molecular flexibility index (Phi) is 2.03. The number of benzene rings is 1. The molecule has 5 nitrogen and oxygen atoms in total. The number of aromatic nitrogens is 1. The number of hydrogen-bond donors (Lipinski definition) is 1. The molecule has 0 aliphatic rings. The number of esters is 1. The molecule has 0 aliphatic heterocycles. The topological polar surface area (TPSA) is 72.3 Å². The van der Waals surface area contributed by atoms with Crippen LogP contribution in [0.5, 0.6) is 0 Å². The smallest absolute Gasteiger partial charge is 0.417 e. The number of aromatic amines is 1. The van der Waals surface area contributed by atoms with E-state index < -0.39 is 17.5 Å². The standard InChI is InChI=1S/C9H6FNO4/c1-14-8(12)5-2-4(10)3-6-7(5)11-9(13)15-6/h2-3H,1H3,(H,11,13). The summed E-state index contributed by atoms with van der Waals surface area (Å²) >= 11 is 0. The number of nitrogens with one attached hydrogen (secondary N) is 1. The summed E-state index contributed by atoms with van der Waals surface area (Å²) < 4.78 is 22.1. The minimum atomic E-state index is -0.749. The molecule has 6 heteroatoms. The van der Waals surface area contributed by atoms with Gasteiger partial charge in [-0.05, 0) is 6.07 Å². The highest BCUT2D eigenvalue weighted by molar-refractivity contribution is 6.01. The number of oxazole rings is 1. The Balaban J connectivity index is 2.81. The zero-order chi connectivity index (χ0) is 11.0. The van der Waals surface area contributed by atoms with E-state index in [2.05, 4.69) is 14.1 Å². The van der Waals surface area contributed by atoms with Crippen LogP contribution in [0.15, 0.2) is 21.3 Å². The summed E-state index contributed by atoms with van der Waals surface area (Å²) in [5.41, 5.74) is 0.0481. The fourth-order valence-corrected chi connectivity index (χ4v) is 1.29. The number of hydrogen-bond acceptors (Lipinski definition) is 4. The van der Waals surface area contributed by atoms with Gasteiger partial charge in [0, 0.05) is 6.07 Å². The lowest BCUT2D eigenvalue weighted by Crippen LogP contribution is -2.03. The second-order valence-electron chi connectivity index (χ2n) is 2.83. The molecule has 1 heterocycles. The maximum absolute atomic E-state index is 13.0. The monoisotopic (exact) mass is 211 g/mol. The number of H-pyrrole nitrogens is 1. The molecule has 1 N–H and O–H groups in total. The van der Waals surface area contributed by atoms with Gasteiger partial charge in [-0.3, -0.25) is 4.98 Å². The zero-order valence-electron chi connectivity index (χ0n) is 7.67. The lowest BCUT2D eigenvalue weighted by atomic mass is 10.2. The molecule has 0 bridgehead atoms. The Morgan fingerprint density at radius 2 is 2.27 bits per heavy atom. The molecule has 78 valence electrons. The number of ether oxygens (including phenoxy) is 1. The van der Waals surface area contributed by atoms with Crippen LogP contribution < -0.4 is 5.76 Å². The molecule has 1 aromatic carbocycles. The fraction of sp³-hybridized carbons (Fsp3) is 0.111. The average molecular weight is 211 g/mol. The first-order chi connectivity index (χ1) is 7.11. The highest BCUT2D eigenvalue weighted by Crippen LogP contribution is 2.18. The first-order valence-corrected chi connectivity index (χ1v) is 4.02. The van der Waals surface area contributed by atoms with Crippen LogP contribution in [0.25, 0.3) is 11.1 Å². The van der Waals surface area contributed by atoms with Gasteiger partial charge in [0.15, 0.2) is 5.58 Å². The summed E-state index contributed by atoms with van der Waals surface area (Å²) in [6.07, 6.45) is 0. The first kappa shape index (κ1) is 9.45. The SMILES string of the molecule is COC(=O)c1cc(F)cc2oc(=O)[nH]c12. The van der Waals surface area contributed by atoms with E-state index in [1.165, 1.54) is 0 Å². The van der Waals surface area contributed by atoms with Gasteiger partial charge >= 0.3 is 11.7 Å². The van der Waals surface area contributed by atoms with Crippen molar-refractivity contribution in [3.05, 3.63) is 34.1 Å². The molecule has 0 atom stereocenters. The molecule has 0 amide bonds. The van der Waals surface area contributed by atoms with E-state index in [-0.39, 0.29) is 16.7 Å².